The first-order valence-electron chi connectivity index (χ1n) is 32.3. The summed E-state index contributed by atoms with van der Waals surface area (Å²) in [6, 6.07) is -0.908. The number of hydrogen-bond acceptors (Lipinski definition) is 6. The van der Waals surface area contributed by atoms with Crippen molar-refractivity contribution >= 4 is 19.7 Å². The van der Waals surface area contributed by atoms with Gasteiger partial charge in [0.2, 0.25) is 5.91 Å². The van der Waals surface area contributed by atoms with Crippen molar-refractivity contribution in [2.24, 2.45) is 0 Å². The summed E-state index contributed by atoms with van der Waals surface area (Å²) in [5.41, 5.74) is 0. The fraction of sp³-hybridized carbons (Fsp3) is 0.611. The van der Waals surface area contributed by atoms with Crippen LogP contribution >= 0.6 is 7.82 Å². The normalized spacial score (nSPS) is 14.7. The van der Waals surface area contributed by atoms with Crippen LogP contribution in [-0.4, -0.2) is 74.3 Å². The van der Waals surface area contributed by atoms with E-state index in [1.807, 2.05) is 45.4 Å². The van der Waals surface area contributed by atoms with E-state index in [-0.39, 0.29) is 37.9 Å². The number of unbranched alkanes of at least 4 members (excludes halogenated alkanes) is 16. The lowest BCUT2D eigenvalue weighted by Gasteiger charge is -2.27. The molecule has 0 spiro atoms. The van der Waals surface area contributed by atoms with Gasteiger partial charge in [0.25, 0.3) is 0 Å². The summed E-state index contributed by atoms with van der Waals surface area (Å²) in [4.78, 5) is 37.7. The molecule has 0 radical (unpaired) electrons. The highest BCUT2D eigenvalue weighted by Gasteiger charge is 2.30. The maximum Gasteiger partial charge on any atom is 0.472 e. The zero-order chi connectivity index (χ0) is 60.0. The molecule has 464 valence electrons. The Kier molecular flexibility index (Phi) is 56.6. The first-order valence-corrected chi connectivity index (χ1v) is 33.8. The average Bonchev–Trinajstić information content (AvgIpc) is 3.44. The van der Waals surface area contributed by atoms with Crippen LogP contribution in [0.25, 0.3) is 0 Å². The number of ether oxygens (including phenoxy) is 1. The number of nitrogens with one attached hydrogen (secondary N) is 1. The van der Waals surface area contributed by atoms with Gasteiger partial charge in [-0.25, -0.2) is 4.57 Å². The van der Waals surface area contributed by atoms with E-state index in [2.05, 4.69) is 160 Å². The van der Waals surface area contributed by atoms with Crippen LogP contribution in [0.3, 0.4) is 0 Å². The Morgan fingerprint density at radius 2 is 0.793 bits per heavy atom. The van der Waals surface area contributed by atoms with Crippen molar-refractivity contribution in [3.63, 3.8) is 0 Å². The summed E-state index contributed by atoms with van der Waals surface area (Å²) in [5.74, 6) is -0.633. The zero-order valence-corrected chi connectivity index (χ0v) is 53.8. The second kappa shape index (κ2) is 59.8. The van der Waals surface area contributed by atoms with Gasteiger partial charge in [-0.3, -0.25) is 18.6 Å². The van der Waals surface area contributed by atoms with Crippen LogP contribution in [0.4, 0.5) is 0 Å². The molecular formula is C72H120N2O7P+. The number of amides is 1. The van der Waals surface area contributed by atoms with E-state index in [9.17, 15) is 19.0 Å². The Hall–Kier alpha value is -4.37. The van der Waals surface area contributed by atoms with E-state index in [0.29, 0.717) is 23.9 Å². The molecule has 3 atom stereocenters. The molecule has 3 unspecified atom stereocenters. The van der Waals surface area contributed by atoms with Crippen molar-refractivity contribution in [3.05, 3.63) is 158 Å². The van der Waals surface area contributed by atoms with Gasteiger partial charge in [0.15, 0.2) is 0 Å². The Morgan fingerprint density at radius 1 is 0.439 bits per heavy atom. The van der Waals surface area contributed by atoms with E-state index in [4.69, 9.17) is 13.8 Å². The largest absolute Gasteiger partial charge is 0.472 e. The molecule has 0 rings (SSSR count). The summed E-state index contributed by atoms with van der Waals surface area (Å²) >= 11 is 0. The number of carbonyl (C=O) groups is 2. The van der Waals surface area contributed by atoms with Crippen LogP contribution in [0.5, 0.6) is 0 Å². The van der Waals surface area contributed by atoms with Crippen molar-refractivity contribution in [1.82, 2.24) is 5.32 Å². The van der Waals surface area contributed by atoms with Crippen molar-refractivity contribution in [2.45, 2.75) is 245 Å². The second-order valence-electron chi connectivity index (χ2n) is 22.2. The fourth-order valence-corrected chi connectivity index (χ4v) is 9.05. The highest BCUT2D eigenvalue weighted by molar-refractivity contribution is 7.47. The van der Waals surface area contributed by atoms with Crippen LogP contribution in [-0.2, 0) is 27.9 Å². The molecule has 0 aliphatic heterocycles. The number of likely N-dealkylation sites (N-methyl/N-ethyl adjacent to an activating group) is 1. The molecule has 0 saturated carbocycles. The van der Waals surface area contributed by atoms with Crippen LogP contribution in [0.15, 0.2) is 158 Å². The number of hydrogen-bond donors (Lipinski definition) is 2. The number of phosphoric ester groups is 1. The number of rotatable bonds is 56. The number of esters is 1. The van der Waals surface area contributed by atoms with Gasteiger partial charge < -0.3 is 19.4 Å². The maximum absolute atomic E-state index is 13.5. The summed E-state index contributed by atoms with van der Waals surface area (Å²) in [6.45, 7) is 6.69. The molecule has 0 heterocycles. The lowest BCUT2D eigenvalue weighted by atomic mass is 10.1. The molecule has 0 aromatic rings. The maximum atomic E-state index is 13.5. The quantitative estimate of drug-likeness (QED) is 0.0205. The summed E-state index contributed by atoms with van der Waals surface area (Å²) in [5, 5.41) is 3.00. The van der Waals surface area contributed by atoms with Gasteiger partial charge in [0, 0.05) is 12.8 Å². The first-order chi connectivity index (χ1) is 39.9. The van der Waals surface area contributed by atoms with Crippen LogP contribution < -0.4 is 5.32 Å². The Labute approximate surface area is 503 Å². The molecule has 0 fully saturated rings. The minimum absolute atomic E-state index is 0.0148. The highest BCUT2D eigenvalue weighted by atomic mass is 31.2. The zero-order valence-electron chi connectivity index (χ0n) is 52.9. The molecule has 0 bridgehead atoms. The molecule has 0 aliphatic rings. The molecule has 10 heteroatoms. The van der Waals surface area contributed by atoms with Gasteiger partial charge in [0.05, 0.1) is 33.8 Å². The smallest absolute Gasteiger partial charge is 0.456 e. The molecule has 2 N–H and O–H groups in total. The highest BCUT2D eigenvalue weighted by Crippen LogP contribution is 2.43. The number of quaternary nitrogens is 1. The minimum atomic E-state index is -4.49. The van der Waals surface area contributed by atoms with Crippen LogP contribution in [0.1, 0.15) is 233 Å². The number of carbonyl (C=O) groups excluding carboxylic acids is 2. The molecule has 0 aromatic carbocycles. The van der Waals surface area contributed by atoms with E-state index in [1.165, 1.54) is 51.4 Å². The van der Waals surface area contributed by atoms with E-state index < -0.39 is 20.0 Å². The van der Waals surface area contributed by atoms with Crippen molar-refractivity contribution < 1.29 is 37.3 Å². The molecule has 0 saturated heterocycles. The summed E-state index contributed by atoms with van der Waals surface area (Å²) in [7, 11) is 1.42. The summed E-state index contributed by atoms with van der Waals surface area (Å²) in [6.07, 6.45) is 88.3. The monoisotopic (exact) mass is 1160 g/mol. The Morgan fingerprint density at radius 3 is 1.20 bits per heavy atom. The lowest BCUT2D eigenvalue weighted by molar-refractivity contribution is -0.870. The Balaban J connectivity index is 5.34. The predicted octanol–water partition coefficient (Wildman–Crippen LogP) is 20.4. The van der Waals surface area contributed by atoms with Crippen molar-refractivity contribution in [2.75, 3.05) is 40.9 Å². The van der Waals surface area contributed by atoms with Crippen molar-refractivity contribution in [3.8, 4) is 0 Å². The fourth-order valence-electron chi connectivity index (χ4n) is 8.32. The molecular weight excluding hydrogens is 1040 g/mol. The summed E-state index contributed by atoms with van der Waals surface area (Å²) < 4.78 is 30.7. The molecule has 82 heavy (non-hydrogen) atoms. The van der Waals surface area contributed by atoms with Gasteiger partial charge >= 0.3 is 13.8 Å². The first kappa shape index (κ1) is 77.6. The molecule has 1 amide bonds. The van der Waals surface area contributed by atoms with Crippen molar-refractivity contribution in [1.29, 1.82) is 0 Å². The van der Waals surface area contributed by atoms with Crippen LogP contribution in [0, 0.1) is 0 Å². The van der Waals surface area contributed by atoms with E-state index in [0.717, 1.165) is 135 Å². The molecule has 9 nitrogen and oxygen atoms in total. The Bertz CT molecular complexity index is 1960. The third kappa shape index (κ3) is 60.2. The van der Waals surface area contributed by atoms with E-state index >= 15 is 0 Å². The molecule has 0 aliphatic carbocycles. The molecule has 0 aromatic heterocycles. The number of allylic oxidation sites excluding steroid dienone is 25. The van der Waals surface area contributed by atoms with Gasteiger partial charge in [-0.05, 0) is 122 Å². The SMILES string of the molecule is CC/C=C\C/C=C\C/C=C\C/C=C\C/C=C\C/C=C\CCCCCCCCC(=O)OC(/C=C\CCCCCCCCCCCC)C(COP(=O)(O)OCC[N+](C)(C)C)NC(=O)CC/C=C\C/C=C\C/C=C\C/C=C\C/C=C\C/C=C\CC. The van der Waals surface area contributed by atoms with E-state index in [1.54, 1.807) is 0 Å². The van der Waals surface area contributed by atoms with Crippen LogP contribution in [0.2, 0.25) is 0 Å². The minimum Gasteiger partial charge on any atom is -0.456 e. The topological polar surface area (TPSA) is 111 Å². The van der Waals surface area contributed by atoms with Gasteiger partial charge in [-0.2, -0.15) is 0 Å². The van der Waals surface area contributed by atoms with Gasteiger partial charge in [-0.15, -0.1) is 0 Å². The third-order valence-electron chi connectivity index (χ3n) is 13.2. The third-order valence-corrected chi connectivity index (χ3v) is 14.2. The van der Waals surface area contributed by atoms with Gasteiger partial charge in [-0.1, -0.05) is 256 Å². The average molecular weight is 1160 g/mol. The predicted molar refractivity (Wildman–Crippen MR) is 355 cm³/mol. The number of nitrogens with zero attached hydrogens (tertiary/aromatic N) is 1. The van der Waals surface area contributed by atoms with Gasteiger partial charge in [0.1, 0.15) is 19.3 Å². The number of phosphoric acid groups is 1. The second-order valence-corrected chi connectivity index (χ2v) is 23.6. The standard InChI is InChI=1S/C72H119N2O7P/c1-7-10-13-16-19-22-25-28-30-32-34-35-36-37-38-39-41-43-45-47-50-53-56-59-62-65-72(76)81-70(63-60-57-54-51-48-27-24-21-18-15-12-9-3)69(68-80-82(77,78)79-67-66-74(4,5)6)73-71(75)64-61-58-55-52-49-46-44-42-40-33-31-29-26-23-20-17-14-11-8-2/h10-11,13-14,19-20,22-23,28-31,34-35,37-38,40-43,46,49,55,58,60,63,69-70H,7-9,12,15-18,21,24-27,32-33,36,39,44-45,47-48,50-54,56-57,59,61-62,64-68H2,1-6H3,(H-,73,75,77,78)/p+1/b13-10-,14-11-,22-19-,23-20-,30-28-,31-29-,35-34-,38-37-,42-40-,43-41-,49-46-,58-55-,63-60-. The lowest BCUT2D eigenvalue weighted by Crippen LogP contribution is -2.47.